The van der Waals surface area contributed by atoms with Crippen LogP contribution in [0.4, 0.5) is 5.69 Å². The van der Waals surface area contributed by atoms with E-state index in [9.17, 15) is 9.59 Å². The largest absolute Gasteiger partial charge is 0.486 e. The molecule has 0 radical (unpaired) electrons. The highest BCUT2D eigenvalue weighted by atomic mass is 16.6. The molecule has 0 aromatic heterocycles. The monoisotopic (exact) mass is 396 g/mol. The molecule has 29 heavy (non-hydrogen) atoms. The summed E-state index contributed by atoms with van der Waals surface area (Å²) in [6, 6.07) is 14.4. The lowest BCUT2D eigenvalue weighted by atomic mass is 10.1. The predicted molar refractivity (Wildman–Crippen MR) is 107 cm³/mol. The zero-order chi connectivity index (χ0) is 20.2. The van der Waals surface area contributed by atoms with E-state index in [2.05, 4.69) is 5.32 Å². The number of hydrogen-bond acceptors (Lipinski definition) is 5. The van der Waals surface area contributed by atoms with Gasteiger partial charge >= 0.3 is 0 Å². The molecule has 2 aliphatic rings. The van der Waals surface area contributed by atoms with E-state index in [-0.39, 0.29) is 17.9 Å². The maximum Gasteiger partial charge on any atom is 0.253 e. The number of likely N-dealkylation sites (N-methyl/N-ethyl adjacent to an activating group) is 1. The molecular formula is C22H24N2O5. The number of hydrogen-bond donors (Lipinski definition) is 1. The molecular weight excluding hydrogens is 372 g/mol. The van der Waals surface area contributed by atoms with Crippen molar-refractivity contribution in [3.8, 4) is 11.5 Å². The van der Waals surface area contributed by atoms with E-state index in [0.29, 0.717) is 42.5 Å². The van der Waals surface area contributed by atoms with Crippen molar-refractivity contribution in [1.82, 2.24) is 4.90 Å². The molecule has 1 saturated heterocycles. The second-order valence-electron chi connectivity index (χ2n) is 7.25. The Bertz CT molecular complexity index is 894. The molecule has 0 unspecified atom stereocenters. The van der Waals surface area contributed by atoms with Crippen LogP contribution < -0.4 is 14.8 Å². The Balaban J connectivity index is 1.37. The van der Waals surface area contributed by atoms with E-state index >= 15 is 0 Å². The molecule has 2 amide bonds. The number of para-hydroxylation sites is 2. The van der Waals surface area contributed by atoms with Crippen molar-refractivity contribution < 1.29 is 23.8 Å². The SMILES string of the molecule is CN(C[C@H]1COc2ccccc2O1)C(=O)c1cccc(NC(=O)[C@H]2CCCO2)c1. The van der Waals surface area contributed by atoms with Crippen LogP contribution >= 0.6 is 0 Å². The van der Waals surface area contributed by atoms with Gasteiger partial charge in [0.1, 0.15) is 12.7 Å². The van der Waals surface area contributed by atoms with E-state index in [1.165, 1.54) is 0 Å². The Morgan fingerprint density at radius 1 is 1.14 bits per heavy atom. The van der Waals surface area contributed by atoms with Crippen LogP contribution in [0.5, 0.6) is 11.5 Å². The maximum atomic E-state index is 12.9. The number of nitrogens with zero attached hydrogens (tertiary/aromatic N) is 1. The van der Waals surface area contributed by atoms with Gasteiger partial charge in [-0.05, 0) is 43.2 Å². The number of nitrogens with one attached hydrogen (secondary N) is 1. The number of anilines is 1. The second-order valence-corrected chi connectivity index (χ2v) is 7.25. The average Bonchev–Trinajstić information content (AvgIpc) is 3.28. The Morgan fingerprint density at radius 2 is 1.97 bits per heavy atom. The van der Waals surface area contributed by atoms with Gasteiger partial charge in [0.05, 0.1) is 6.54 Å². The zero-order valence-corrected chi connectivity index (χ0v) is 16.3. The minimum absolute atomic E-state index is 0.152. The first kappa shape index (κ1) is 19.3. The normalized spacial score (nSPS) is 20.2. The van der Waals surface area contributed by atoms with Crippen LogP contribution in [0.15, 0.2) is 48.5 Å². The van der Waals surface area contributed by atoms with E-state index in [1.54, 1.807) is 36.2 Å². The van der Waals surface area contributed by atoms with Crippen LogP contribution in [0.1, 0.15) is 23.2 Å². The molecule has 1 N–H and O–H groups in total. The summed E-state index contributed by atoms with van der Waals surface area (Å²) in [7, 11) is 1.73. The van der Waals surface area contributed by atoms with Crippen LogP contribution in [0.25, 0.3) is 0 Å². The highest BCUT2D eigenvalue weighted by Gasteiger charge is 2.25. The number of fused-ring (bicyclic) bond motifs is 1. The third-order valence-corrected chi connectivity index (χ3v) is 4.99. The molecule has 7 heteroatoms. The van der Waals surface area contributed by atoms with Gasteiger partial charge in [-0.1, -0.05) is 18.2 Å². The smallest absolute Gasteiger partial charge is 0.253 e. The van der Waals surface area contributed by atoms with Crippen molar-refractivity contribution >= 4 is 17.5 Å². The van der Waals surface area contributed by atoms with Crippen LogP contribution in [0.2, 0.25) is 0 Å². The van der Waals surface area contributed by atoms with Gasteiger partial charge in [-0.25, -0.2) is 0 Å². The summed E-state index contributed by atoms with van der Waals surface area (Å²) in [5.41, 5.74) is 1.07. The van der Waals surface area contributed by atoms with Gasteiger partial charge in [0.25, 0.3) is 11.8 Å². The summed E-state index contributed by atoms with van der Waals surface area (Å²) < 4.78 is 17.0. The van der Waals surface area contributed by atoms with E-state index in [4.69, 9.17) is 14.2 Å². The fraction of sp³-hybridized carbons (Fsp3) is 0.364. The second kappa shape index (κ2) is 8.53. The molecule has 0 spiro atoms. The van der Waals surface area contributed by atoms with Crippen molar-refractivity contribution in [3.05, 3.63) is 54.1 Å². The molecule has 7 nitrogen and oxygen atoms in total. The number of carbonyl (C=O) groups is 2. The highest BCUT2D eigenvalue weighted by Crippen LogP contribution is 2.31. The van der Waals surface area contributed by atoms with E-state index < -0.39 is 6.10 Å². The molecule has 2 aliphatic heterocycles. The van der Waals surface area contributed by atoms with Crippen LogP contribution in [-0.4, -0.2) is 55.7 Å². The Morgan fingerprint density at radius 3 is 2.76 bits per heavy atom. The van der Waals surface area contributed by atoms with Gasteiger partial charge in [-0.3, -0.25) is 9.59 Å². The first-order valence-corrected chi connectivity index (χ1v) is 9.76. The molecule has 0 saturated carbocycles. The fourth-order valence-corrected chi connectivity index (χ4v) is 3.50. The van der Waals surface area contributed by atoms with Crippen LogP contribution in [0, 0.1) is 0 Å². The topological polar surface area (TPSA) is 77.1 Å². The van der Waals surface area contributed by atoms with Gasteiger partial charge in [-0.15, -0.1) is 0 Å². The fourth-order valence-electron chi connectivity index (χ4n) is 3.50. The molecule has 2 heterocycles. The van der Waals surface area contributed by atoms with E-state index in [1.807, 2.05) is 24.3 Å². The lowest BCUT2D eigenvalue weighted by Gasteiger charge is -2.29. The van der Waals surface area contributed by atoms with E-state index in [0.717, 1.165) is 12.8 Å². The highest BCUT2D eigenvalue weighted by molar-refractivity contribution is 5.98. The summed E-state index contributed by atoms with van der Waals surface area (Å²) >= 11 is 0. The maximum absolute atomic E-state index is 12.9. The van der Waals surface area contributed by atoms with Gasteiger partial charge in [0.15, 0.2) is 17.6 Å². The summed E-state index contributed by atoms with van der Waals surface area (Å²) in [5, 5.41) is 2.83. The van der Waals surface area contributed by atoms with Gasteiger partial charge in [0.2, 0.25) is 0 Å². The average molecular weight is 396 g/mol. The first-order chi connectivity index (χ1) is 14.1. The molecule has 1 fully saturated rings. The van der Waals surface area contributed by atoms with Crippen molar-refractivity contribution in [2.45, 2.75) is 25.0 Å². The molecule has 2 aromatic carbocycles. The lowest BCUT2D eigenvalue weighted by Crippen LogP contribution is -2.41. The summed E-state index contributed by atoms with van der Waals surface area (Å²) in [5.74, 6) is 1.07. The van der Waals surface area contributed by atoms with Crippen LogP contribution in [0.3, 0.4) is 0 Å². The number of amides is 2. The molecule has 0 bridgehead atoms. The number of ether oxygens (including phenoxy) is 3. The van der Waals surface area contributed by atoms with Crippen LogP contribution in [-0.2, 0) is 9.53 Å². The Hall–Kier alpha value is -3.06. The minimum atomic E-state index is -0.414. The summed E-state index contributed by atoms with van der Waals surface area (Å²) in [4.78, 5) is 26.7. The zero-order valence-electron chi connectivity index (χ0n) is 16.3. The van der Waals surface area contributed by atoms with Crippen molar-refractivity contribution in [1.29, 1.82) is 0 Å². The predicted octanol–water partition coefficient (Wildman–Crippen LogP) is 2.72. The Kier molecular flexibility index (Phi) is 5.67. The minimum Gasteiger partial charge on any atom is -0.486 e. The van der Waals surface area contributed by atoms with Gasteiger partial charge in [-0.2, -0.15) is 0 Å². The molecule has 152 valence electrons. The third kappa shape index (κ3) is 4.51. The number of benzene rings is 2. The van der Waals surface area contributed by atoms with Crippen molar-refractivity contribution in [2.75, 3.05) is 32.1 Å². The molecule has 0 aliphatic carbocycles. The van der Waals surface area contributed by atoms with Gasteiger partial charge in [0, 0.05) is 24.9 Å². The molecule has 2 atom stereocenters. The summed E-state index contributed by atoms with van der Waals surface area (Å²) in [6.07, 6.45) is 0.947. The Labute approximate surface area is 169 Å². The number of rotatable bonds is 5. The van der Waals surface area contributed by atoms with Crippen molar-refractivity contribution in [2.24, 2.45) is 0 Å². The molecule has 4 rings (SSSR count). The molecule has 2 aromatic rings. The standard InChI is InChI=1S/C22H24N2O5/c1-24(13-17-14-28-18-8-2-3-9-19(18)29-17)22(26)15-6-4-7-16(12-15)23-21(25)20-10-5-11-27-20/h2-4,6-9,12,17,20H,5,10-11,13-14H2,1H3,(H,23,25)/t17-,20+/m0/s1. The quantitative estimate of drug-likeness (QED) is 0.841. The summed E-state index contributed by atoms with van der Waals surface area (Å²) in [6.45, 7) is 1.38. The van der Waals surface area contributed by atoms with Crippen molar-refractivity contribution in [3.63, 3.8) is 0 Å². The number of carbonyl (C=O) groups excluding carboxylic acids is 2. The van der Waals surface area contributed by atoms with Gasteiger partial charge < -0.3 is 24.4 Å². The lowest BCUT2D eigenvalue weighted by molar-refractivity contribution is -0.124. The third-order valence-electron chi connectivity index (χ3n) is 4.99. The first-order valence-electron chi connectivity index (χ1n) is 9.76.